The molecule has 3 rings (SSSR count). The average Bonchev–Trinajstić information content (AvgIpc) is 3.09. The second-order valence-corrected chi connectivity index (χ2v) is 4.89. The van der Waals surface area contributed by atoms with Gasteiger partial charge < -0.3 is 9.88 Å². The van der Waals surface area contributed by atoms with Crippen molar-refractivity contribution in [1.29, 1.82) is 0 Å². The fourth-order valence-corrected chi connectivity index (χ4v) is 2.53. The van der Waals surface area contributed by atoms with Crippen LogP contribution < -0.4 is 0 Å². The minimum absolute atomic E-state index is 0.0412. The lowest BCUT2D eigenvalue weighted by atomic mass is 10.1. The van der Waals surface area contributed by atoms with Gasteiger partial charge in [0.1, 0.15) is 11.5 Å². The average molecular weight is 259 g/mol. The Morgan fingerprint density at radius 2 is 2.21 bits per heavy atom. The highest BCUT2D eigenvalue weighted by Gasteiger charge is 2.25. The van der Waals surface area contributed by atoms with E-state index in [1.807, 2.05) is 28.8 Å². The molecular formula is C13H17N5O. The zero-order valence-corrected chi connectivity index (χ0v) is 10.9. The number of aromatic amines is 1. The molecule has 19 heavy (non-hydrogen) atoms. The Morgan fingerprint density at radius 3 is 2.79 bits per heavy atom. The van der Waals surface area contributed by atoms with Gasteiger partial charge in [0.15, 0.2) is 0 Å². The predicted molar refractivity (Wildman–Crippen MR) is 69.7 cm³/mol. The quantitative estimate of drug-likeness (QED) is 0.886. The number of piperidine rings is 1. The lowest BCUT2D eigenvalue weighted by Crippen LogP contribution is -2.39. The van der Waals surface area contributed by atoms with Crippen molar-refractivity contribution in [3.63, 3.8) is 0 Å². The van der Waals surface area contributed by atoms with Gasteiger partial charge in [-0.1, -0.05) is 0 Å². The van der Waals surface area contributed by atoms with Crippen LogP contribution in [0.15, 0.2) is 24.7 Å². The SMILES string of the molecule is Cc1ncc(C(=O)N2CCC(n3cccn3)CC2)[nH]1. The number of H-pyrrole nitrogens is 1. The van der Waals surface area contributed by atoms with Crippen molar-refractivity contribution < 1.29 is 4.79 Å². The topological polar surface area (TPSA) is 66.8 Å². The third kappa shape index (κ3) is 2.38. The third-order valence-corrected chi connectivity index (χ3v) is 3.58. The molecule has 1 N–H and O–H groups in total. The van der Waals surface area contributed by atoms with E-state index in [4.69, 9.17) is 0 Å². The van der Waals surface area contributed by atoms with Gasteiger partial charge in [-0.05, 0) is 25.8 Å². The van der Waals surface area contributed by atoms with Crippen LogP contribution in [0.4, 0.5) is 0 Å². The molecular weight excluding hydrogens is 242 g/mol. The molecule has 0 unspecified atom stereocenters. The number of rotatable bonds is 2. The summed E-state index contributed by atoms with van der Waals surface area (Å²) < 4.78 is 1.99. The number of imidazole rings is 1. The molecule has 6 heteroatoms. The first-order valence-electron chi connectivity index (χ1n) is 6.54. The zero-order valence-electron chi connectivity index (χ0n) is 10.9. The van der Waals surface area contributed by atoms with Gasteiger partial charge in [-0.2, -0.15) is 5.10 Å². The molecule has 1 saturated heterocycles. The molecule has 0 bridgehead atoms. The summed E-state index contributed by atoms with van der Waals surface area (Å²) in [6, 6.07) is 2.34. The van der Waals surface area contributed by atoms with E-state index in [9.17, 15) is 4.79 Å². The molecule has 0 aliphatic carbocycles. The van der Waals surface area contributed by atoms with Gasteiger partial charge in [0.2, 0.25) is 0 Å². The summed E-state index contributed by atoms with van der Waals surface area (Å²) in [5, 5.41) is 4.27. The Hall–Kier alpha value is -2.11. The lowest BCUT2D eigenvalue weighted by Gasteiger charge is -2.31. The first-order chi connectivity index (χ1) is 9.24. The van der Waals surface area contributed by atoms with Gasteiger partial charge in [0, 0.05) is 25.5 Å². The molecule has 6 nitrogen and oxygen atoms in total. The Balaban J connectivity index is 1.62. The predicted octanol–water partition coefficient (Wildman–Crippen LogP) is 1.39. The Bertz CT molecular complexity index is 551. The molecule has 1 fully saturated rings. The van der Waals surface area contributed by atoms with Crippen molar-refractivity contribution in [3.05, 3.63) is 36.2 Å². The molecule has 2 aromatic heterocycles. The van der Waals surface area contributed by atoms with E-state index >= 15 is 0 Å². The number of hydrogen-bond donors (Lipinski definition) is 1. The van der Waals surface area contributed by atoms with Crippen LogP contribution in [0.2, 0.25) is 0 Å². The maximum atomic E-state index is 12.2. The van der Waals surface area contributed by atoms with Crippen molar-refractivity contribution in [2.45, 2.75) is 25.8 Å². The number of nitrogens with one attached hydrogen (secondary N) is 1. The Kier molecular flexibility index (Phi) is 3.06. The summed E-state index contributed by atoms with van der Waals surface area (Å²) in [5.41, 5.74) is 0.579. The van der Waals surface area contributed by atoms with Crippen molar-refractivity contribution in [2.24, 2.45) is 0 Å². The standard InChI is InChI=1S/C13H17N5O/c1-10-14-9-12(16-10)13(19)17-7-3-11(4-8-17)18-6-2-5-15-18/h2,5-6,9,11H,3-4,7-8H2,1H3,(H,14,16). The molecule has 0 radical (unpaired) electrons. The fourth-order valence-electron chi connectivity index (χ4n) is 2.53. The molecule has 100 valence electrons. The van der Waals surface area contributed by atoms with Crippen LogP contribution in [0, 0.1) is 6.92 Å². The lowest BCUT2D eigenvalue weighted by molar-refractivity contribution is 0.0684. The number of aryl methyl sites for hydroxylation is 1. The number of amides is 1. The van der Waals surface area contributed by atoms with Crippen LogP contribution in [0.5, 0.6) is 0 Å². The van der Waals surface area contributed by atoms with Crippen LogP contribution in [0.1, 0.15) is 35.2 Å². The number of hydrogen-bond acceptors (Lipinski definition) is 3. The normalized spacial score (nSPS) is 16.8. The molecule has 2 aromatic rings. The van der Waals surface area contributed by atoms with Gasteiger partial charge in [0.25, 0.3) is 5.91 Å². The summed E-state index contributed by atoms with van der Waals surface area (Å²) in [4.78, 5) is 21.2. The highest BCUT2D eigenvalue weighted by atomic mass is 16.2. The highest BCUT2D eigenvalue weighted by molar-refractivity contribution is 5.92. The fraction of sp³-hybridized carbons (Fsp3) is 0.462. The van der Waals surface area contributed by atoms with Crippen LogP contribution in [0.25, 0.3) is 0 Å². The van der Waals surface area contributed by atoms with Gasteiger partial charge in [-0.3, -0.25) is 9.48 Å². The minimum Gasteiger partial charge on any atom is -0.338 e. The first kappa shape index (κ1) is 12.0. The van der Waals surface area contributed by atoms with Crippen LogP contribution in [0.3, 0.4) is 0 Å². The number of carbonyl (C=O) groups excluding carboxylic acids is 1. The molecule has 0 atom stereocenters. The van der Waals surface area contributed by atoms with Gasteiger partial charge >= 0.3 is 0 Å². The van der Waals surface area contributed by atoms with Crippen LogP contribution in [-0.4, -0.2) is 43.6 Å². The van der Waals surface area contributed by atoms with E-state index < -0.39 is 0 Å². The summed E-state index contributed by atoms with van der Waals surface area (Å²) in [5.74, 6) is 0.814. The van der Waals surface area contributed by atoms with Crippen molar-refractivity contribution in [3.8, 4) is 0 Å². The molecule has 0 saturated carbocycles. The zero-order chi connectivity index (χ0) is 13.2. The second kappa shape index (κ2) is 4.87. The number of aromatic nitrogens is 4. The largest absolute Gasteiger partial charge is 0.338 e. The monoisotopic (exact) mass is 259 g/mol. The van der Waals surface area contributed by atoms with E-state index in [2.05, 4.69) is 15.1 Å². The van der Waals surface area contributed by atoms with E-state index in [1.165, 1.54) is 0 Å². The molecule has 1 amide bonds. The molecule has 0 spiro atoms. The van der Waals surface area contributed by atoms with Crippen molar-refractivity contribution in [2.75, 3.05) is 13.1 Å². The van der Waals surface area contributed by atoms with Crippen LogP contribution in [-0.2, 0) is 0 Å². The van der Waals surface area contributed by atoms with Gasteiger partial charge in [-0.15, -0.1) is 0 Å². The van der Waals surface area contributed by atoms with E-state index in [-0.39, 0.29) is 5.91 Å². The highest BCUT2D eigenvalue weighted by Crippen LogP contribution is 2.22. The van der Waals surface area contributed by atoms with Crippen molar-refractivity contribution >= 4 is 5.91 Å². The van der Waals surface area contributed by atoms with E-state index in [1.54, 1.807) is 12.4 Å². The molecule has 1 aliphatic rings. The number of likely N-dealkylation sites (tertiary alicyclic amines) is 1. The Labute approximate surface area is 111 Å². The molecule has 1 aliphatic heterocycles. The van der Waals surface area contributed by atoms with Crippen molar-refractivity contribution in [1.82, 2.24) is 24.6 Å². The number of carbonyl (C=O) groups is 1. The van der Waals surface area contributed by atoms with E-state index in [0.29, 0.717) is 11.7 Å². The minimum atomic E-state index is 0.0412. The molecule has 0 aromatic carbocycles. The van der Waals surface area contributed by atoms with Gasteiger partial charge in [-0.25, -0.2) is 4.98 Å². The maximum Gasteiger partial charge on any atom is 0.271 e. The smallest absolute Gasteiger partial charge is 0.271 e. The van der Waals surface area contributed by atoms with E-state index in [0.717, 1.165) is 31.8 Å². The summed E-state index contributed by atoms with van der Waals surface area (Å²) >= 11 is 0. The summed E-state index contributed by atoms with van der Waals surface area (Å²) in [6.07, 6.45) is 7.28. The Morgan fingerprint density at radius 1 is 1.42 bits per heavy atom. The third-order valence-electron chi connectivity index (χ3n) is 3.58. The second-order valence-electron chi connectivity index (χ2n) is 4.89. The molecule has 3 heterocycles. The number of nitrogens with zero attached hydrogens (tertiary/aromatic N) is 4. The first-order valence-corrected chi connectivity index (χ1v) is 6.54. The van der Waals surface area contributed by atoms with Gasteiger partial charge in [0.05, 0.1) is 12.2 Å². The maximum absolute atomic E-state index is 12.2. The van der Waals surface area contributed by atoms with Crippen LogP contribution >= 0.6 is 0 Å². The summed E-state index contributed by atoms with van der Waals surface area (Å²) in [6.45, 7) is 3.38. The summed E-state index contributed by atoms with van der Waals surface area (Å²) in [7, 11) is 0.